The predicted octanol–water partition coefficient (Wildman–Crippen LogP) is 13.2. The number of thiophene rings is 1. The van der Waals surface area contributed by atoms with Gasteiger partial charge in [0.05, 0.1) is 32.5 Å². The summed E-state index contributed by atoms with van der Waals surface area (Å²) in [6, 6.07) is 68.4. The van der Waals surface area contributed by atoms with E-state index in [9.17, 15) is 0 Å². The molecule has 2 nitrogen and oxygen atoms in total. The first-order valence-corrected chi connectivity index (χ1v) is 18.1. The van der Waals surface area contributed by atoms with Crippen LogP contribution in [0.4, 0.5) is 0 Å². The summed E-state index contributed by atoms with van der Waals surface area (Å²) in [6.45, 7) is 0. The Bertz CT molecular complexity index is 3150. The van der Waals surface area contributed by atoms with E-state index >= 15 is 0 Å². The van der Waals surface area contributed by atoms with Crippen molar-refractivity contribution >= 4 is 75.1 Å². The van der Waals surface area contributed by atoms with E-state index in [1.165, 1.54) is 80.6 Å². The van der Waals surface area contributed by atoms with Gasteiger partial charge in [-0.3, -0.25) is 0 Å². The molecule has 11 aromatic rings. The zero-order valence-corrected chi connectivity index (χ0v) is 32.9. The van der Waals surface area contributed by atoms with Crippen LogP contribution >= 0.6 is 11.3 Å². The van der Waals surface area contributed by atoms with Crippen LogP contribution in [0.15, 0.2) is 170 Å². The summed E-state index contributed by atoms with van der Waals surface area (Å²) < 4.78 is 7.43. The van der Waals surface area contributed by atoms with Crippen molar-refractivity contribution in [2.24, 2.45) is 0 Å². The number of aromatic nitrogens is 2. The van der Waals surface area contributed by atoms with Crippen LogP contribution in [-0.4, -0.2) is 9.13 Å². The fraction of sp³-hybridized carbons (Fsp3) is 0. The molecular formula is C48H28N2SU. The molecule has 3 aromatic heterocycles. The first kappa shape index (κ1) is 31.4. The van der Waals surface area contributed by atoms with E-state index in [-0.39, 0.29) is 31.1 Å². The average Bonchev–Trinajstić information content (AvgIpc) is 3.86. The Morgan fingerprint density at radius 2 is 1.00 bits per heavy atom. The smallest absolute Gasteiger partial charge is 0.328 e. The quantitative estimate of drug-likeness (QED) is 0.156. The number of fused-ring (bicyclic) bond motifs is 9. The molecule has 0 aliphatic carbocycles. The summed E-state index contributed by atoms with van der Waals surface area (Å²) in [6.07, 6.45) is 0. The van der Waals surface area contributed by atoms with Crippen LogP contribution in [0.2, 0.25) is 0 Å². The Labute approximate surface area is 328 Å². The average molecular weight is 903 g/mol. The Morgan fingerprint density at radius 1 is 0.423 bits per heavy atom. The minimum absolute atomic E-state index is 0. The van der Waals surface area contributed by atoms with Crippen LogP contribution in [0.25, 0.3) is 97.4 Å². The Kier molecular flexibility index (Phi) is 7.48. The molecular weight excluding hydrogens is 875 g/mol. The Morgan fingerprint density at radius 3 is 1.73 bits per heavy atom. The van der Waals surface area contributed by atoms with E-state index in [1.54, 1.807) is 0 Å². The monoisotopic (exact) mass is 902 g/mol. The molecule has 0 fully saturated rings. The van der Waals surface area contributed by atoms with Gasteiger partial charge in [0.1, 0.15) is 0 Å². The van der Waals surface area contributed by atoms with Crippen LogP contribution in [-0.2, 0) is 0 Å². The van der Waals surface area contributed by atoms with Gasteiger partial charge >= 0.3 is 31.1 Å². The van der Waals surface area contributed by atoms with Crippen molar-refractivity contribution < 1.29 is 31.1 Å². The van der Waals surface area contributed by atoms with Gasteiger partial charge in [-0.05, 0) is 65.3 Å². The molecule has 0 aliphatic rings. The van der Waals surface area contributed by atoms with E-state index < -0.39 is 0 Å². The largest absolute Gasteiger partial charge is 2.00 e. The summed E-state index contributed by atoms with van der Waals surface area (Å²) in [5.74, 6) is 0. The summed E-state index contributed by atoms with van der Waals surface area (Å²) in [5, 5.41) is 7.61. The maximum absolute atomic E-state index is 3.70. The first-order chi connectivity index (χ1) is 25.3. The number of para-hydroxylation sites is 2. The van der Waals surface area contributed by atoms with Gasteiger partial charge in [-0.15, -0.1) is 23.5 Å². The third-order valence-electron chi connectivity index (χ3n) is 10.3. The van der Waals surface area contributed by atoms with Crippen LogP contribution in [0.1, 0.15) is 0 Å². The van der Waals surface area contributed by atoms with Gasteiger partial charge in [0.2, 0.25) is 0 Å². The third-order valence-corrected chi connectivity index (χ3v) is 11.5. The van der Waals surface area contributed by atoms with E-state index in [0.717, 1.165) is 16.8 Å². The summed E-state index contributed by atoms with van der Waals surface area (Å²) >= 11 is 1.88. The molecule has 0 atom stereocenters. The molecule has 0 unspecified atom stereocenters. The summed E-state index contributed by atoms with van der Waals surface area (Å²) in [5.41, 5.74) is 11.5. The molecule has 4 heteroatoms. The Hall–Kier alpha value is -5.37. The minimum atomic E-state index is 0. The molecule has 240 valence electrons. The van der Waals surface area contributed by atoms with E-state index in [1.807, 2.05) is 23.5 Å². The maximum Gasteiger partial charge on any atom is 2.00 e. The molecule has 3 heterocycles. The molecule has 0 aliphatic heterocycles. The molecule has 11 rings (SSSR count). The zero-order chi connectivity index (χ0) is 33.5. The standard InChI is InChI=1S/C48H28N2S.U/c1-2-12-31(13-3-1)32-14-10-15-35(28-32)49-42-20-7-4-16-36(42)40-29-33(24-26-44(40)49)34-25-27-45-41(30-34)37-17-5-8-21-43(37)50(45)46-22-11-19-39-38-18-6-9-23-47(38)51-48(39)46;/h1-12,14-27,29-30H;/q-2;+2. The van der Waals surface area contributed by atoms with Gasteiger partial charge in [-0.1, -0.05) is 78.9 Å². The SMILES string of the molecule is [U+2].[c-]1ccccc1-c1[c-]c(-n2c3ccccc3c3cc(-c4ccc5c(c4)c4ccccc4n5-c4cccc5c4sc4ccccc45)ccc32)ccc1. The minimum Gasteiger partial charge on any atom is -0.328 e. The van der Waals surface area contributed by atoms with Gasteiger partial charge in [0, 0.05) is 37.0 Å². The molecule has 0 saturated carbocycles. The second kappa shape index (κ2) is 12.4. The fourth-order valence-electron chi connectivity index (χ4n) is 8.04. The van der Waals surface area contributed by atoms with Gasteiger partial charge in [0.15, 0.2) is 0 Å². The van der Waals surface area contributed by atoms with Crippen LogP contribution in [0.5, 0.6) is 0 Å². The molecule has 0 bridgehead atoms. The maximum atomic E-state index is 3.70. The second-order valence-electron chi connectivity index (χ2n) is 13.1. The van der Waals surface area contributed by atoms with E-state index in [4.69, 9.17) is 0 Å². The van der Waals surface area contributed by atoms with Crippen molar-refractivity contribution in [1.29, 1.82) is 0 Å². The van der Waals surface area contributed by atoms with Crippen molar-refractivity contribution in [3.8, 4) is 33.6 Å². The van der Waals surface area contributed by atoms with Gasteiger partial charge in [-0.25, -0.2) is 11.1 Å². The fourth-order valence-corrected chi connectivity index (χ4v) is 9.24. The molecule has 0 saturated heterocycles. The summed E-state index contributed by atoms with van der Waals surface area (Å²) in [4.78, 5) is 0. The van der Waals surface area contributed by atoms with Gasteiger partial charge in [-0.2, -0.15) is 42.5 Å². The number of benzene rings is 8. The molecule has 8 aromatic carbocycles. The molecule has 0 radical (unpaired) electrons. The molecule has 0 N–H and O–H groups in total. The van der Waals surface area contributed by atoms with Crippen LogP contribution in [0, 0.1) is 43.2 Å². The Balaban J connectivity index is 0.00000338. The predicted molar refractivity (Wildman–Crippen MR) is 217 cm³/mol. The first-order valence-electron chi connectivity index (χ1n) is 17.3. The third kappa shape index (κ3) is 4.76. The van der Waals surface area contributed by atoms with Crippen LogP contribution < -0.4 is 0 Å². The van der Waals surface area contributed by atoms with E-state index in [0.29, 0.717) is 0 Å². The van der Waals surface area contributed by atoms with Crippen molar-refractivity contribution in [3.05, 3.63) is 182 Å². The van der Waals surface area contributed by atoms with Gasteiger partial charge < -0.3 is 9.13 Å². The number of hydrogen-bond donors (Lipinski definition) is 0. The zero-order valence-electron chi connectivity index (χ0n) is 28.0. The van der Waals surface area contributed by atoms with Crippen LogP contribution in [0.3, 0.4) is 0 Å². The molecule has 52 heavy (non-hydrogen) atoms. The number of nitrogens with zero attached hydrogens (tertiary/aromatic N) is 2. The molecule has 0 spiro atoms. The normalized spacial score (nSPS) is 11.7. The van der Waals surface area contributed by atoms with Crippen molar-refractivity contribution in [2.75, 3.05) is 0 Å². The molecule has 0 amide bonds. The van der Waals surface area contributed by atoms with Crippen molar-refractivity contribution in [2.45, 2.75) is 0 Å². The topological polar surface area (TPSA) is 9.86 Å². The summed E-state index contributed by atoms with van der Waals surface area (Å²) in [7, 11) is 0. The van der Waals surface area contributed by atoms with Crippen molar-refractivity contribution in [3.63, 3.8) is 0 Å². The number of rotatable bonds is 4. The number of hydrogen-bond acceptors (Lipinski definition) is 1. The van der Waals surface area contributed by atoms with Gasteiger partial charge in [0.25, 0.3) is 0 Å². The van der Waals surface area contributed by atoms with E-state index in [2.05, 4.69) is 179 Å². The van der Waals surface area contributed by atoms with Crippen molar-refractivity contribution in [1.82, 2.24) is 9.13 Å². The second-order valence-corrected chi connectivity index (χ2v) is 14.2.